The average molecular weight is 350 g/mol. The molecule has 0 fully saturated rings. The maximum absolute atomic E-state index is 11.6. The highest BCUT2D eigenvalue weighted by Gasteiger charge is 2.16. The number of anilines is 2. The lowest BCUT2D eigenvalue weighted by molar-refractivity contribution is 0.615. The van der Waals surface area contributed by atoms with Gasteiger partial charge in [-0.25, -0.2) is 4.79 Å². The van der Waals surface area contributed by atoms with Crippen molar-refractivity contribution in [1.82, 2.24) is 9.55 Å². The van der Waals surface area contributed by atoms with Crippen LogP contribution in [0.15, 0.2) is 29.1 Å². The lowest BCUT2D eigenvalue weighted by Gasteiger charge is -2.20. The summed E-state index contributed by atoms with van der Waals surface area (Å²) < 4.78 is 1.86. The molecule has 5 rings (SSSR count). The zero-order valence-corrected chi connectivity index (χ0v) is 15.5. The molecule has 0 amide bonds. The van der Waals surface area contributed by atoms with E-state index >= 15 is 0 Å². The van der Waals surface area contributed by atoms with E-state index in [2.05, 4.69) is 34.6 Å². The van der Waals surface area contributed by atoms with Crippen molar-refractivity contribution in [3.05, 3.63) is 57.0 Å². The third kappa shape index (κ3) is 2.77. The molecular formula is C21H26N4O. The average Bonchev–Trinajstić information content (AvgIpc) is 3.01. The second kappa shape index (κ2) is 6.56. The van der Waals surface area contributed by atoms with Crippen LogP contribution in [-0.4, -0.2) is 16.1 Å². The highest BCUT2D eigenvalue weighted by atomic mass is 16.1. The van der Waals surface area contributed by atoms with Crippen LogP contribution >= 0.6 is 0 Å². The highest BCUT2D eigenvalue weighted by molar-refractivity contribution is 5.82. The maximum atomic E-state index is 11.6. The molecular weight excluding hydrogens is 324 g/mol. The van der Waals surface area contributed by atoms with Crippen LogP contribution in [0.1, 0.15) is 35.1 Å². The highest BCUT2D eigenvalue weighted by Crippen LogP contribution is 2.30. The Hall–Kier alpha value is -2.69. The van der Waals surface area contributed by atoms with Gasteiger partial charge in [0.25, 0.3) is 0 Å². The second-order valence-corrected chi connectivity index (χ2v) is 7.31. The number of nitrogens with two attached hydrogens (primary N) is 1. The zero-order valence-electron chi connectivity index (χ0n) is 15.5. The van der Waals surface area contributed by atoms with Gasteiger partial charge in [-0.05, 0) is 61.8 Å². The lowest BCUT2D eigenvalue weighted by atomic mass is 10.00. The number of aromatic nitrogens is 2. The zero-order chi connectivity index (χ0) is 18.3. The number of aromatic amines is 1. The molecule has 3 heterocycles. The normalized spacial score (nSPS) is 15.0. The molecule has 2 aromatic carbocycles. The van der Waals surface area contributed by atoms with E-state index in [1.165, 1.54) is 28.8 Å². The van der Waals surface area contributed by atoms with Gasteiger partial charge in [0.05, 0.1) is 22.4 Å². The van der Waals surface area contributed by atoms with Crippen LogP contribution in [0, 0.1) is 13.8 Å². The number of nitrogens with one attached hydrogen (secondary N) is 2. The van der Waals surface area contributed by atoms with Crippen LogP contribution in [0.3, 0.4) is 0 Å². The van der Waals surface area contributed by atoms with Crippen LogP contribution in [0.4, 0.5) is 11.4 Å². The Kier molecular flexibility index (Phi) is 4.23. The molecule has 26 heavy (non-hydrogen) atoms. The first-order chi connectivity index (χ1) is 12.6. The minimum absolute atomic E-state index is 0.0373. The molecule has 5 heteroatoms. The SMILES string of the molecule is Cc1ccc2c(c1N)NCCC2.Cc1ccc2c3c1[nH]c(=O)n3CCC2. The molecule has 0 unspecified atom stereocenters. The standard InChI is InChI=1S/C11H12N2O.C10H14N2/c1-7-4-5-8-3-2-6-13-10(8)9(7)12-11(13)14;1-7-4-5-8-3-2-6-12-10(8)9(7)11/h4-5H,2-3,6H2,1H3,(H,12,14);4-5,12H,2-3,6,11H2,1H3. The fraction of sp³-hybridized carbons (Fsp3) is 0.381. The van der Waals surface area contributed by atoms with E-state index in [9.17, 15) is 4.79 Å². The number of fused-ring (bicyclic) bond motifs is 1. The number of rotatable bonds is 0. The first kappa shape index (κ1) is 16.8. The number of aryl methyl sites for hydroxylation is 5. The minimum atomic E-state index is 0.0373. The predicted octanol–water partition coefficient (Wildman–Crippen LogP) is 3.52. The first-order valence-corrected chi connectivity index (χ1v) is 9.39. The summed E-state index contributed by atoms with van der Waals surface area (Å²) >= 11 is 0. The van der Waals surface area contributed by atoms with E-state index in [4.69, 9.17) is 5.73 Å². The monoisotopic (exact) mass is 350 g/mol. The summed E-state index contributed by atoms with van der Waals surface area (Å²) in [5, 5.41) is 3.35. The number of H-pyrrole nitrogens is 1. The lowest BCUT2D eigenvalue weighted by Crippen LogP contribution is -2.19. The van der Waals surface area contributed by atoms with Crippen molar-refractivity contribution in [2.75, 3.05) is 17.6 Å². The van der Waals surface area contributed by atoms with Crippen LogP contribution in [-0.2, 0) is 19.4 Å². The van der Waals surface area contributed by atoms with Crippen molar-refractivity contribution in [1.29, 1.82) is 0 Å². The summed E-state index contributed by atoms with van der Waals surface area (Å²) in [5.41, 5.74) is 15.2. The smallest absolute Gasteiger partial charge is 0.326 e. The van der Waals surface area contributed by atoms with E-state index in [0.29, 0.717) is 0 Å². The van der Waals surface area contributed by atoms with Crippen molar-refractivity contribution in [2.45, 2.75) is 46.1 Å². The van der Waals surface area contributed by atoms with Crippen molar-refractivity contribution in [2.24, 2.45) is 0 Å². The molecule has 2 aliphatic rings. The van der Waals surface area contributed by atoms with Crippen LogP contribution < -0.4 is 16.7 Å². The quantitative estimate of drug-likeness (QED) is 0.543. The molecule has 136 valence electrons. The van der Waals surface area contributed by atoms with E-state index in [0.717, 1.165) is 54.6 Å². The summed E-state index contributed by atoms with van der Waals surface area (Å²) in [7, 11) is 0. The molecule has 0 saturated carbocycles. The van der Waals surface area contributed by atoms with Crippen LogP contribution in [0.25, 0.3) is 11.0 Å². The van der Waals surface area contributed by atoms with Gasteiger partial charge in [0.15, 0.2) is 0 Å². The number of nitrogen functional groups attached to an aromatic ring is 1. The molecule has 0 spiro atoms. The van der Waals surface area contributed by atoms with Gasteiger partial charge in [-0.15, -0.1) is 0 Å². The summed E-state index contributed by atoms with van der Waals surface area (Å²) in [6.45, 7) is 6.00. The molecule has 5 nitrogen and oxygen atoms in total. The van der Waals surface area contributed by atoms with E-state index in [-0.39, 0.29) is 5.69 Å². The Labute approximate surface area is 153 Å². The van der Waals surface area contributed by atoms with Crippen molar-refractivity contribution in [3.63, 3.8) is 0 Å². The fourth-order valence-electron chi connectivity index (χ4n) is 4.00. The van der Waals surface area contributed by atoms with Gasteiger partial charge in [-0.1, -0.05) is 24.3 Å². The van der Waals surface area contributed by atoms with Gasteiger partial charge in [0.1, 0.15) is 0 Å². The molecule has 0 atom stereocenters. The Balaban J connectivity index is 0.000000131. The number of hydrogen-bond donors (Lipinski definition) is 3. The van der Waals surface area contributed by atoms with Gasteiger partial charge >= 0.3 is 5.69 Å². The Morgan fingerprint density at radius 1 is 1.00 bits per heavy atom. The van der Waals surface area contributed by atoms with Gasteiger partial charge in [-0.3, -0.25) is 4.57 Å². The Bertz CT molecular complexity index is 1030. The fourth-order valence-corrected chi connectivity index (χ4v) is 4.00. The predicted molar refractivity (Wildman–Crippen MR) is 108 cm³/mol. The molecule has 1 aromatic heterocycles. The van der Waals surface area contributed by atoms with Gasteiger partial charge in [0.2, 0.25) is 0 Å². The van der Waals surface area contributed by atoms with Gasteiger partial charge in [-0.2, -0.15) is 0 Å². The molecule has 4 N–H and O–H groups in total. The van der Waals surface area contributed by atoms with E-state index < -0.39 is 0 Å². The Morgan fingerprint density at radius 2 is 1.73 bits per heavy atom. The number of hydrogen-bond acceptors (Lipinski definition) is 3. The summed E-state index contributed by atoms with van der Waals surface area (Å²) in [5.74, 6) is 0. The Morgan fingerprint density at radius 3 is 2.58 bits per heavy atom. The van der Waals surface area contributed by atoms with E-state index in [1.807, 2.05) is 18.4 Å². The first-order valence-electron chi connectivity index (χ1n) is 9.39. The second-order valence-electron chi connectivity index (χ2n) is 7.31. The third-order valence-electron chi connectivity index (χ3n) is 5.52. The summed E-state index contributed by atoms with van der Waals surface area (Å²) in [4.78, 5) is 14.5. The number of imidazole rings is 1. The largest absolute Gasteiger partial charge is 0.397 e. The van der Waals surface area contributed by atoms with Crippen molar-refractivity contribution >= 4 is 22.4 Å². The van der Waals surface area contributed by atoms with Crippen molar-refractivity contribution < 1.29 is 0 Å². The molecule has 3 aromatic rings. The maximum Gasteiger partial charge on any atom is 0.326 e. The molecule has 0 saturated heterocycles. The molecule has 0 radical (unpaired) electrons. The third-order valence-corrected chi connectivity index (χ3v) is 5.52. The summed E-state index contributed by atoms with van der Waals surface area (Å²) in [6, 6.07) is 8.50. The molecule has 2 aliphatic heterocycles. The summed E-state index contributed by atoms with van der Waals surface area (Å²) in [6.07, 6.45) is 4.54. The van der Waals surface area contributed by atoms with E-state index in [1.54, 1.807) is 0 Å². The topological polar surface area (TPSA) is 75.8 Å². The molecule has 0 aliphatic carbocycles. The van der Waals surface area contributed by atoms with Crippen molar-refractivity contribution in [3.8, 4) is 0 Å². The number of benzene rings is 2. The minimum Gasteiger partial charge on any atom is -0.397 e. The molecule has 0 bridgehead atoms. The van der Waals surface area contributed by atoms with Crippen LogP contribution in [0.5, 0.6) is 0 Å². The van der Waals surface area contributed by atoms with Gasteiger partial charge < -0.3 is 16.0 Å². The van der Waals surface area contributed by atoms with Crippen LogP contribution in [0.2, 0.25) is 0 Å². The van der Waals surface area contributed by atoms with Gasteiger partial charge in [0, 0.05) is 13.1 Å². The number of nitrogens with zero attached hydrogens (tertiary/aromatic N) is 1.